The molecule has 1 amide bonds. The lowest BCUT2D eigenvalue weighted by molar-refractivity contribution is -0.121. The second-order valence-electron chi connectivity index (χ2n) is 3.78. The van der Waals surface area contributed by atoms with E-state index >= 15 is 0 Å². The van der Waals surface area contributed by atoms with E-state index in [0.717, 1.165) is 18.8 Å². The average Bonchev–Trinajstić information content (AvgIpc) is 2.67. The number of hydrazine groups is 1. The Labute approximate surface area is 95.2 Å². The summed E-state index contributed by atoms with van der Waals surface area (Å²) in [5, 5.41) is 1.93. The molecule has 0 spiro atoms. The van der Waals surface area contributed by atoms with Crippen LogP contribution in [0.4, 0.5) is 0 Å². The highest BCUT2D eigenvalue weighted by Crippen LogP contribution is 2.14. The number of carbonyl (C=O) groups is 1. The summed E-state index contributed by atoms with van der Waals surface area (Å²) in [6.45, 7) is 4.18. The summed E-state index contributed by atoms with van der Waals surface area (Å²) in [5.41, 5.74) is 3.98. The summed E-state index contributed by atoms with van der Waals surface area (Å²) in [5.74, 6) is 0.989. The van der Waals surface area contributed by atoms with Gasteiger partial charge in [0.2, 0.25) is 5.91 Å². The van der Waals surface area contributed by atoms with Gasteiger partial charge in [-0.15, -0.1) is 0 Å². The van der Waals surface area contributed by atoms with Crippen LogP contribution < -0.4 is 10.2 Å². The summed E-state index contributed by atoms with van der Waals surface area (Å²) in [4.78, 5) is 11.0. The number of nitrogens with zero attached hydrogens (tertiary/aromatic N) is 1. The lowest BCUT2D eigenvalue weighted by Gasteiger charge is -2.14. The van der Waals surface area contributed by atoms with Crippen molar-refractivity contribution in [3.05, 3.63) is 29.8 Å². The second-order valence-corrected chi connectivity index (χ2v) is 3.78. The van der Waals surface area contributed by atoms with Crippen molar-refractivity contribution in [1.82, 2.24) is 10.4 Å². The van der Waals surface area contributed by atoms with Crippen molar-refractivity contribution in [1.29, 1.82) is 0 Å². The number of rotatable bonds is 4. The Morgan fingerprint density at radius 3 is 2.69 bits per heavy atom. The molecule has 1 heterocycles. The van der Waals surface area contributed by atoms with Gasteiger partial charge in [-0.25, -0.2) is 5.01 Å². The van der Waals surface area contributed by atoms with Crippen LogP contribution in [0, 0.1) is 0 Å². The van der Waals surface area contributed by atoms with Gasteiger partial charge in [-0.3, -0.25) is 10.2 Å². The molecule has 1 N–H and O–H groups in total. The number of hydrogen-bond acceptors (Lipinski definition) is 3. The SMILES string of the molecule is CCOc1ccc(CN2CCC(=O)N2)cc1. The normalized spacial score (nSPS) is 16.2. The molecule has 86 valence electrons. The molecule has 1 aromatic rings. The number of carbonyl (C=O) groups excluding carboxylic acids is 1. The number of ether oxygens (including phenoxy) is 1. The Kier molecular flexibility index (Phi) is 3.41. The number of benzene rings is 1. The molecule has 0 aliphatic carbocycles. The van der Waals surface area contributed by atoms with E-state index in [1.165, 1.54) is 5.56 Å². The molecule has 2 rings (SSSR count). The van der Waals surface area contributed by atoms with Crippen LogP contribution in [-0.2, 0) is 11.3 Å². The van der Waals surface area contributed by atoms with Gasteiger partial charge in [0.15, 0.2) is 0 Å². The van der Waals surface area contributed by atoms with Gasteiger partial charge in [-0.2, -0.15) is 0 Å². The number of hydrogen-bond donors (Lipinski definition) is 1. The molecule has 1 aromatic carbocycles. The van der Waals surface area contributed by atoms with E-state index in [1.807, 2.05) is 36.2 Å². The van der Waals surface area contributed by atoms with E-state index in [-0.39, 0.29) is 5.91 Å². The third-order valence-electron chi connectivity index (χ3n) is 2.50. The van der Waals surface area contributed by atoms with Gasteiger partial charge in [0, 0.05) is 19.5 Å². The Morgan fingerprint density at radius 2 is 2.12 bits per heavy atom. The van der Waals surface area contributed by atoms with Crippen molar-refractivity contribution in [3.8, 4) is 5.75 Å². The first kappa shape index (κ1) is 11.0. The van der Waals surface area contributed by atoms with Crippen molar-refractivity contribution in [2.75, 3.05) is 13.2 Å². The molecule has 1 saturated heterocycles. The zero-order chi connectivity index (χ0) is 11.4. The molecule has 4 nitrogen and oxygen atoms in total. The highest BCUT2D eigenvalue weighted by Gasteiger charge is 2.17. The molecule has 16 heavy (non-hydrogen) atoms. The van der Waals surface area contributed by atoms with E-state index in [2.05, 4.69) is 5.43 Å². The average molecular weight is 220 g/mol. The van der Waals surface area contributed by atoms with Crippen LogP contribution in [0.1, 0.15) is 18.9 Å². The predicted molar refractivity (Wildman–Crippen MR) is 60.8 cm³/mol. The standard InChI is InChI=1S/C12H16N2O2/c1-2-16-11-5-3-10(4-6-11)9-14-8-7-12(15)13-14/h3-6H,2,7-9H2,1H3,(H,13,15). The smallest absolute Gasteiger partial charge is 0.235 e. The first-order valence-corrected chi connectivity index (χ1v) is 5.54. The molecule has 0 bridgehead atoms. The van der Waals surface area contributed by atoms with Crippen LogP contribution >= 0.6 is 0 Å². The summed E-state index contributed by atoms with van der Waals surface area (Å²) in [6.07, 6.45) is 0.594. The van der Waals surface area contributed by atoms with Crippen LogP contribution in [0.25, 0.3) is 0 Å². The van der Waals surface area contributed by atoms with E-state index in [4.69, 9.17) is 4.74 Å². The summed E-state index contributed by atoms with van der Waals surface area (Å²) < 4.78 is 5.36. The quantitative estimate of drug-likeness (QED) is 0.832. The molecule has 0 atom stereocenters. The van der Waals surface area contributed by atoms with E-state index < -0.39 is 0 Å². The topological polar surface area (TPSA) is 41.6 Å². The fourth-order valence-electron chi connectivity index (χ4n) is 1.72. The minimum atomic E-state index is 0.103. The third-order valence-corrected chi connectivity index (χ3v) is 2.50. The maximum absolute atomic E-state index is 11.0. The summed E-state index contributed by atoms with van der Waals surface area (Å²) in [6, 6.07) is 7.96. The largest absolute Gasteiger partial charge is 0.494 e. The summed E-state index contributed by atoms with van der Waals surface area (Å²) >= 11 is 0. The molecule has 4 heteroatoms. The maximum Gasteiger partial charge on any atom is 0.235 e. The van der Waals surface area contributed by atoms with Gasteiger partial charge in [0.25, 0.3) is 0 Å². The Hall–Kier alpha value is -1.55. The highest BCUT2D eigenvalue weighted by atomic mass is 16.5. The minimum absolute atomic E-state index is 0.103. The van der Waals surface area contributed by atoms with Crippen molar-refractivity contribution < 1.29 is 9.53 Å². The van der Waals surface area contributed by atoms with Crippen LogP contribution in [0.15, 0.2) is 24.3 Å². The van der Waals surface area contributed by atoms with Gasteiger partial charge >= 0.3 is 0 Å². The fraction of sp³-hybridized carbons (Fsp3) is 0.417. The fourth-order valence-corrected chi connectivity index (χ4v) is 1.72. The molecule has 1 aliphatic rings. The van der Waals surface area contributed by atoms with Crippen LogP contribution in [0.2, 0.25) is 0 Å². The minimum Gasteiger partial charge on any atom is -0.494 e. The zero-order valence-electron chi connectivity index (χ0n) is 9.40. The predicted octanol–water partition coefficient (Wildman–Crippen LogP) is 1.32. The highest BCUT2D eigenvalue weighted by molar-refractivity contribution is 5.77. The first-order valence-electron chi connectivity index (χ1n) is 5.54. The van der Waals surface area contributed by atoms with Gasteiger partial charge in [0.05, 0.1) is 6.61 Å². The van der Waals surface area contributed by atoms with Crippen molar-refractivity contribution in [2.24, 2.45) is 0 Å². The number of amides is 1. The maximum atomic E-state index is 11.0. The second kappa shape index (κ2) is 4.99. The molecule has 1 aliphatic heterocycles. The van der Waals surface area contributed by atoms with E-state index in [9.17, 15) is 4.79 Å². The Bertz CT molecular complexity index is 362. The third kappa shape index (κ3) is 2.73. The van der Waals surface area contributed by atoms with Crippen LogP contribution in [0.5, 0.6) is 5.75 Å². The van der Waals surface area contributed by atoms with Gasteiger partial charge in [-0.05, 0) is 24.6 Å². The monoisotopic (exact) mass is 220 g/mol. The first-order chi connectivity index (χ1) is 7.78. The molecule has 1 fully saturated rings. The lowest BCUT2D eigenvalue weighted by atomic mass is 10.2. The Balaban J connectivity index is 1.92. The molecular weight excluding hydrogens is 204 g/mol. The Morgan fingerprint density at radius 1 is 1.38 bits per heavy atom. The van der Waals surface area contributed by atoms with Gasteiger partial charge in [-0.1, -0.05) is 12.1 Å². The van der Waals surface area contributed by atoms with Crippen molar-refractivity contribution in [3.63, 3.8) is 0 Å². The molecular formula is C12H16N2O2. The van der Waals surface area contributed by atoms with Crippen LogP contribution in [-0.4, -0.2) is 24.1 Å². The zero-order valence-corrected chi connectivity index (χ0v) is 9.40. The molecule has 0 saturated carbocycles. The molecule has 0 aromatic heterocycles. The molecule has 0 radical (unpaired) electrons. The van der Waals surface area contributed by atoms with E-state index in [0.29, 0.717) is 13.0 Å². The van der Waals surface area contributed by atoms with Gasteiger partial charge in [0.1, 0.15) is 5.75 Å². The summed E-state index contributed by atoms with van der Waals surface area (Å²) in [7, 11) is 0. The number of nitrogens with one attached hydrogen (secondary N) is 1. The van der Waals surface area contributed by atoms with Gasteiger partial charge < -0.3 is 4.74 Å². The van der Waals surface area contributed by atoms with E-state index in [1.54, 1.807) is 0 Å². The van der Waals surface area contributed by atoms with Crippen molar-refractivity contribution in [2.45, 2.75) is 19.9 Å². The van der Waals surface area contributed by atoms with Crippen LogP contribution in [0.3, 0.4) is 0 Å². The lowest BCUT2D eigenvalue weighted by Crippen LogP contribution is -2.32. The molecule has 0 unspecified atom stereocenters. The van der Waals surface area contributed by atoms with Crippen molar-refractivity contribution >= 4 is 5.91 Å².